The molecule has 4 nitrogen and oxygen atoms in total. The number of aromatic nitrogens is 1. The molecule has 0 atom stereocenters. The van der Waals surface area contributed by atoms with Crippen molar-refractivity contribution in [2.75, 3.05) is 0 Å². The van der Waals surface area contributed by atoms with Gasteiger partial charge in [-0.1, -0.05) is 18.2 Å². The summed E-state index contributed by atoms with van der Waals surface area (Å²) in [6.45, 7) is 0. The molecule has 3 aromatic rings. The van der Waals surface area contributed by atoms with Gasteiger partial charge in [-0.25, -0.2) is 4.79 Å². The number of fused-ring (bicyclic) bond motifs is 1. The van der Waals surface area contributed by atoms with Crippen LogP contribution >= 0.6 is 0 Å². The molecule has 2 aromatic heterocycles. The molecule has 0 saturated carbocycles. The van der Waals surface area contributed by atoms with E-state index in [1.807, 2.05) is 0 Å². The maximum absolute atomic E-state index is 12.4. The molecule has 3 rings (SSSR count). The van der Waals surface area contributed by atoms with Crippen LogP contribution in [0, 0.1) is 0 Å². The number of hydrogen-bond acceptors (Lipinski definition) is 4. The first-order valence-electron chi connectivity index (χ1n) is 5.73. The summed E-state index contributed by atoms with van der Waals surface area (Å²) in [5.74, 6) is -0.216. The second-order valence-electron chi connectivity index (χ2n) is 4.04. The highest BCUT2D eigenvalue weighted by atomic mass is 16.4. The Balaban J connectivity index is 2.26. The van der Waals surface area contributed by atoms with Crippen molar-refractivity contribution in [1.29, 1.82) is 0 Å². The Morgan fingerprint density at radius 1 is 1.05 bits per heavy atom. The predicted molar refractivity (Wildman–Crippen MR) is 70.2 cm³/mol. The molecule has 0 aliphatic rings. The van der Waals surface area contributed by atoms with E-state index in [4.69, 9.17) is 4.42 Å². The number of carbonyl (C=O) groups is 1. The van der Waals surface area contributed by atoms with Gasteiger partial charge < -0.3 is 4.42 Å². The van der Waals surface area contributed by atoms with E-state index in [2.05, 4.69) is 4.98 Å². The third-order valence-electron chi connectivity index (χ3n) is 2.84. The lowest BCUT2D eigenvalue weighted by molar-refractivity contribution is 0.103. The third-order valence-corrected chi connectivity index (χ3v) is 2.84. The number of nitrogens with zero attached hydrogens (tertiary/aromatic N) is 1. The lowest BCUT2D eigenvalue weighted by atomic mass is 10.0. The van der Waals surface area contributed by atoms with Crippen molar-refractivity contribution in [3.05, 3.63) is 76.4 Å². The van der Waals surface area contributed by atoms with Gasteiger partial charge in [0, 0.05) is 35.0 Å². The van der Waals surface area contributed by atoms with E-state index in [0.717, 1.165) is 0 Å². The number of pyridine rings is 1. The normalized spacial score (nSPS) is 10.5. The molecule has 1 aromatic carbocycles. The number of carbonyl (C=O) groups excluding carboxylic acids is 1. The van der Waals surface area contributed by atoms with Crippen molar-refractivity contribution in [2.24, 2.45) is 0 Å². The first kappa shape index (κ1) is 11.3. The number of benzene rings is 1. The van der Waals surface area contributed by atoms with Gasteiger partial charge in [0.1, 0.15) is 5.58 Å². The fourth-order valence-electron chi connectivity index (χ4n) is 1.96. The zero-order chi connectivity index (χ0) is 13.2. The Kier molecular flexibility index (Phi) is 2.68. The molecule has 0 aliphatic heterocycles. The largest absolute Gasteiger partial charge is 0.423 e. The predicted octanol–water partition coefficient (Wildman–Crippen LogP) is 2.42. The summed E-state index contributed by atoms with van der Waals surface area (Å²) in [4.78, 5) is 27.8. The molecule has 92 valence electrons. The summed E-state index contributed by atoms with van der Waals surface area (Å²) in [7, 11) is 0. The number of rotatable bonds is 2. The molecule has 2 heterocycles. The van der Waals surface area contributed by atoms with Gasteiger partial charge in [-0.3, -0.25) is 9.78 Å². The van der Waals surface area contributed by atoms with Gasteiger partial charge in [-0.15, -0.1) is 0 Å². The second-order valence-corrected chi connectivity index (χ2v) is 4.04. The minimum Gasteiger partial charge on any atom is -0.423 e. The number of hydrogen-bond donors (Lipinski definition) is 0. The van der Waals surface area contributed by atoms with Gasteiger partial charge in [-0.05, 0) is 18.2 Å². The molecule has 19 heavy (non-hydrogen) atoms. The maximum atomic E-state index is 12.4. The van der Waals surface area contributed by atoms with Crippen molar-refractivity contribution in [3.63, 3.8) is 0 Å². The van der Waals surface area contributed by atoms with E-state index in [1.54, 1.807) is 48.8 Å². The van der Waals surface area contributed by atoms with E-state index >= 15 is 0 Å². The van der Waals surface area contributed by atoms with Crippen LogP contribution in [0.5, 0.6) is 0 Å². The third kappa shape index (κ3) is 2.04. The van der Waals surface area contributed by atoms with Gasteiger partial charge in [0.15, 0.2) is 5.78 Å². The van der Waals surface area contributed by atoms with Crippen molar-refractivity contribution in [2.45, 2.75) is 0 Å². The van der Waals surface area contributed by atoms with Gasteiger partial charge >= 0.3 is 5.63 Å². The summed E-state index contributed by atoms with van der Waals surface area (Å²) < 4.78 is 5.07. The molecule has 0 N–H and O–H groups in total. The Hall–Kier alpha value is -2.75. The van der Waals surface area contributed by atoms with E-state index < -0.39 is 5.63 Å². The van der Waals surface area contributed by atoms with Crippen LogP contribution in [0.25, 0.3) is 11.0 Å². The van der Waals surface area contributed by atoms with Gasteiger partial charge in [0.25, 0.3) is 0 Å². The van der Waals surface area contributed by atoms with Crippen molar-refractivity contribution in [3.8, 4) is 0 Å². The monoisotopic (exact) mass is 251 g/mol. The Bertz CT molecular complexity index is 806. The van der Waals surface area contributed by atoms with Crippen LogP contribution in [0.4, 0.5) is 0 Å². The lowest BCUT2D eigenvalue weighted by Gasteiger charge is -2.04. The fourth-order valence-corrected chi connectivity index (χ4v) is 1.96. The van der Waals surface area contributed by atoms with Crippen LogP contribution in [-0.4, -0.2) is 10.8 Å². The van der Waals surface area contributed by atoms with E-state index in [9.17, 15) is 9.59 Å². The second kappa shape index (κ2) is 4.49. The highest BCUT2D eigenvalue weighted by molar-refractivity contribution is 6.15. The standard InChI is InChI=1S/C15H9NO3/c17-14-9-12(11-3-1-2-4-13(11)19-14)15(18)10-5-7-16-8-6-10/h1-9H. The highest BCUT2D eigenvalue weighted by Gasteiger charge is 2.14. The molecule has 0 radical (unpaired) electrons. The SMILES string of the molecule is O=C(c1ccncc1)c1cc(=O)oc2ccccc12. The Morgan fingerprint density at radius 3 is 2.58 bits per heavy atom. The molecule has 4 heteroatoms. The van der Waals surface area contributed by atoms with Crippen LogP contribution in [0.1, 0.15) is 15.9 Å². The van der Waals surface area contributed by atoms with Gasteiger partial charge in [0.2, 0.25) is 0 Å². The summed E-state index contributed by atoms with van der Waals surface area (Å²) in [6.07, 6.45) is 3.09. The first-order valence-corrected chi connectivity index (χ1v) is 5.73. The molecular formula is C15H9NO3. The maximum Gasteiger partial charge on any atom is 0.336 e. The van der Waals surface area contributed by atoms with E-state index in [0.29, 0.717) is 22.1 Å². The topological polar surface area (TPSA) is 60.2 Å². The molecular weight excluding hydrogens is 242 g/mol. The number of para-hydroxylation sites is 1. The quantitative estimate of drug-likeness (QED) is 0.518. The van der Waals surface area contributed by atoms with Crippen LogP contribution in [-0.2, 0) is 0 Å². The Labute approximate surface area is 108 Å². The molecule has 0 bridgehead atoms. The minimum atomic E-state index is -0.531. The van der Waals surface area contributed by atoms with Crippen molar-refractivity contribution in [1.82, 2.24) is 4.98 Å². The average molecular weight is 251 g/mol. The Morgan fingerprint density at radius 2 is 1.79 bits per heavy atom. The van der Waals surface area contributed by atoms with Crippen LogP contribution in [0.2, 0.25) is 0 Å². The van der Waals surface area contributed by atoms with Gasteiger partial charge in [-0.2, -0.15) is 0 Å². The number of ketones is 1. The first-order chi connectivity index (χ1) is 9.25. The average Bonchev–Trinajstić information content (AvgIpc) is 2.46. The van der Waals surface area contributed by atoms with Crippen LogP contribution in [0.3, 0.4) is 0 Å². The summed E-state index contributed by atoms with van der Waals surface area (Å²) in [5.41, 5.74) is 0.715. The summed E-state index contributed by atoms with van der Waals surface area (Å²) in [6, 6.07) is 11.4. The summed E-state index contributed by atoms with van der Waals surface area (Å²) >= 11 is 0. The fraction of sp³-hybridized carbons (Fsp3) is 0. The molecule has 0 aliphatic carbocycles. The molecule has 0 amide bonds. The summed E-state index contributed by atoms with van der Waals surface area (Å²) in [5, 5.41) is 0.629. The minimum absolute atomic E-state index is 0.216. The van der Waals surface area contributed by atoms with Crippen LogP contribution in [0.15, 0.2) is 64.1 Å². The van der Waals surface area contributed by atoms with E-state index in [1.165, 1.54) is 6.07 Å². The smallest absolute Gasteiger partial charge is 0.336 e. The molecule has 0 saturated heterocycles. The molecule has 0 spiro atoms. The molecule has 0 unspecified atom stereocenters. The van der Waals surface area contributed by atoms with Crippen molar-refractivity contribution < 1.29 is 9.21 Å². The zero-order valence-electron chi connectivity index (χ0n) is 9.87. The van der Waals surface area contributed by atoms with Crippen molar-refractivity contribution >= 4 is 16.8 Å². The van der Waals surface area contributed by atoms with Crippen LogP contribution < -0.4 is 5.63 Å². The van der Waals surface area contributed by atoms with Gasteiger partial charge in [0.05, 0.1) is 0 Å². The lowest BCUT2D eigenvalue weighted by Crippen LogP contribution is -2.08. The highest BCUT2D eigenvalue weighted by Crippen LogP contribution is 2.19. The molecule has 0 fully saturated rings. The van der Waals surface area contributed by atoms with E-state index in [-0.39, 0.29) is 5.78 Å². The zero-order valence-corrected chi connectivity index (χ0v) is 9.87.